The number of anilines is 1. The molecular weight excluding hydrogens is 121 g/mol. The molecule has 0 radical (unpaired) electrons. The predicted molar refractivity (Wildman–Crippen MR) is 43.3 cm³/mol. The van der Waals surface area contributed by atoms with Gasteiger partial charge in [-0.05, 0) is 12.1 Å². The number of para-hydroxylation sites is 1. The van der Waals surface area contributed by atoms with Crippen molar-refractivity contribution in [2.24, 2.45) is 0 Å². The second kappa shape index (κ2) is 5.10. The third-order valence-electron chi connectivity index (χ3n) is 0.999. The number of hydrogen-bond acceptors (Lipinski definition) is 1. The molecular formula is C7H8LiNO. The zero-order valence-corrected chi connectivity index (χ0v) is 4.87. The summed E-state index contributed by atoms with van der Waals surface area (Å²) in [6.45, 7) is 0. The number of nitrogens with one attached hydrogen (secondary N) is 1. The Morgan fingerprint density at radius 2 is 1.80 bits per heavy atom. The summed E-state index contributed by atoms with van der Waals surface area (Å²) in [5.74, 6) is 0. The van der Waals surface area contributed by atoms with Gasteiger partial charge in [0.25, 0.3) is 0 Å². The van der Waals surface area contributed by atoms with E-state index in [0.717, 1.165) is 5.69 Å². The van der Waals surface area contributed by atoms with Gasteiger partial charge >= 0.3 is 18.9 Å². The average molecular weight is 129 g/mol. The van der Waals surface area contributed by atoms with Crippen molar-refractivity contribution in [1.82, 2.24) is 0 Å². The molecule has 0 aliphatic rings. The molecule has 1 N–H and O–H groups in total. The van der Waals surface area contributed by atoms with Crippen molar-refractivity contribution in [2.45, 2.75) is 0 Å². The standard InChI is InChI=1S/C7H7NO.Li.H/c9-6-8-7-4-2-1-3-5-7;;/h1-6H,(H,8,9);;. The van der Waals surface area contributed by atoms with E-state index in [9.17, 15) is 4.79 Å². The van der Waals surface area contributed by atoms with Gasteiger partial charge in [-0.15, -0.1) is 0 Å². The van der Waals surface area contributed by atoms with Crippen LogP contribution in [0.4, 0.5) is 5.69 Å². The molecule has 0 saturated carbocycles. The Morgan fingerprint density at radius 1 is 1.20 bits per heavy atom. The Morgan fingerprint density at radius 3 is 2.30 bits per heavy atom. The molecule has 10 heavy (non-hydrogen) atoms. The molecule has 0 atom stereocenters. The van der Waals surface area contributed by atoms with E-state index in [-0.39, 0.29) is 18.9 Å². The molecule has 3 heteroatoms. The van der Waals surface area contributed by atoms with Crippen molar-refractivity contribution >= 4 is 31.0 Å². The van der Waals surface area contributed by atoms with E-state index in [1.165, 1.54) is 0 Å². The summed E-state index contributed by atoms with van der Waals surface area (Å²) in [4.78, 5) is 9.86. The second-order valence-corrected chi connectivity index (χ2v) is 1.63. The van der Waals surface area contributed by atoms with Crippen molar-refractivity contribution in [3.05, 3.63) is 30.3 Å². The van der Waals surface area contributed by atoms with E-state index < -0.39 is 0 Å². The van der Waals surface area contributed by atoms with Crippen LogP contribution in [0.1, 0.15) is 0 Å². The fourth-order valence-electron chi connectivity index (χ4n) is 0.602. The molecule has 0 saturated heterocycles. The summed E-state index contributed by atoms with van der Waals surface area (Å²) in [5.41, 5.74) is 0.826. The van der Waals surface area contributed by atoms with Gasteiger partial charge in [-0.3, -0.25) is 4.79 Å². The molecule has 1 aromatic rings. The van der Waals surface area contributed by atoms with Gasteiger partial charge in [0.1, 0.15) is 0 Å². The minimum absolute atomic E-state index is 0. The first-order valence-corrected chi connectivity index (χ1v) is 2.69. The molecule has 0 bridgehead atoms. The number of benzene rings is 1. The third-order valence-corrected chi connectivity index (χ3v) is 0.999. The second-order valence-electron chi connectivity index (χ2n) is 1.63. The van der Waals surface area contributed by atoms with Crippen LogP contribution in [0.2, 0.25) is 0 Å². The van der Waals surface area contributed by atoms with Crippen molar-refractivity contribution in [1.29, 1.82) is 0 Å². The predicted octanol–water partition coefficient (Wildman–Crippen LogP) is 0.606. The van der Waals surface area contributed by atoms with E-state index in [0.29, 0.717) is 6.41 Å². The molecule has 1 aromatic carbocycles. The normalized spacial score (nSPS) is 7.60. The van der Waals surface area contributed by atoms with Crippen LogP contribution in [0.5, 0.6) is 0 Å². The Bertz CT molecular complexity index is 188. The van der Waals surface area contributed by atoms with Gasteiger partial charge in [0.05, 0.1) is 0 Å². The van der Waals surface area contributed by atoms with E-state index in [2.05, 4.69) is 5.32 Å². The molecule has 0 fully saturated rings. The summed E-state index contributed by atoms with van der Waals surface area (Å²) in [7, 11) is 0. The van der Waals surface area contributed by atoms with Gasteiger partial charge in [0.2, 0.25) is 6.41 Å². The summed E-state index contributed by atoms with van der Waals surface area (Å²) >= 11 is 0. The number of rotatable bonds is 2. The van der Waals surface area contributed by atoms with Crippen molar-refractivity contribution in [3.8, 4) is 0 Å². The first-order chi connectivity index (χ1) is 4.43. The zero-order chi connectivity index (χ0) is 6.53. The van der Waals surface area contributed by atoms with Crippen LogP contribution in [0.3, 0.4) is 0 Å². The van der Waals surface area contributed by atoms with Crippen molar-refractivity contribution < 1.29 is 4.79 Å². The Balaban J connectivity index is 0.000000810. The van der Waals surface area contributed by atoms with Gasteiger partial charge in [0, 0.05) is 5.69 Å². The van der Waals surface area contributed by atoms with E-state index >= 15 is 0 Å². The number of carbonyl (C=O) groups excluding carboxylic acids is 1. The van der Waals surface area contributed by atoms with Gasteiger partial charge in [-0.25, -0.2) is 0 Å². The summed E-state index contributed by atoms with van der Waals surface area (Å²) in [6, 6.07) is 9.29. The summed E-state index contributed by atoms with van der Waals surface area (Å²) in [6.07, 6.45) is 0.662. The van der Waals surface area contributed by atoms with E-state index in [1.807, 2.05) is 30.3 Å². The van der Waals surface area contributed by atoms with Gasteiger partial charge in [-0.1, -0.05) is 18.2 Å². The molecule has 0 heterocycles. The first kappa shape index (κ1) is 9.29. The van der Waals surface area contributed by atoms with Crippen LogP contribution >= 0.6 is 0 Å². The number of hydrogen-bond donors (Lipinski definition) is 1. The molecule has 1 rings (SSSR count). The quantitative estimate of drug-likeness (QED) is 0.460. The van der Waals surface area contributed by atoms with Gasteiger partial charge in [-0.2, -0.15) is 0 Å². The Kier molecular flexibility index (Phi) is 4.74. The van der Waals surface area contributed by atoms with Crippen LogP contribution in [0.15, 0.2) is 30.3 Å². The molecule has 48 valence electrons. The number of amides is 1. The molecule has 0 aliphatic heterocycles. The molecule has 2 nitrogen and oxygen atoms in total. The van der Waals surface area contributed by atoms with Crippen molar-refractivity contribution in [3.63, 3.8) is 0 Å². The first-order valence-electron chi connectivity index (χ1n) is 2.69. The third kappa shape index (κ3) is 2.72. The van der Waals surface area contributed by atoms with Crippen LogP contribution < -0.4 is 5.32 Å². The Labute approximate surface area is 71.8 Å². The minimum atomic E-state index is 0. The van der Waals surface area contributed by atoms with Crippen molar-refractivity contribution in [2.75, 3.05) is 5.32 Å². The molecule has 0 aliphatic carbocycles. The van der Waals surface area contributed by atoms with Crippen LogP contribution in [0.25, 0.3) is 0 Å². The monoisotopic (exact) mass is 129 g/mol. The van der Waals surface area contributed by atoms with Gasteiger partial charge in [0.15, 0.2) is 0 Å². The summed E-state index contributed by atoms with van der Waals surface area (Å²) < 4.78 is 0. The van der Waals surface area contributed by atoms with Crippen LogP contribution in [-0.4, -0.2) is 25.3 Å². The maximum atomic E-state index is 9.86. The van der Waals surface area contributed by atoms with Gasteiger partial charge < -0.3 is 5.32 Å². The fraction of sp³-hybridized carbons (Fsp3) is 0. The number of carbonyl (C=O) groups is 1. The zero-order valence-electron chi connectivity index (χ0n) is 4.87. The Hall–Kier alpha value is -0.713. The summed E-state index contributed by atoms with van der Waals surface area (Å²) in [5, 5.41) is 2.53. The average Bonchev–Trinajstić information content (AvgIpc) is 1.91. The molecule has 1 amide bonds. The van der Waals surface area contributed by atoms with E-state index in [4.69, 9.17) is 0 Å². The van der Waals surface area contributed by atoms with Crippen LogP contribution in [0, 0.1) is 0 Å². The van der Waals surface area contributed by atoms with Crippen LogP contribution in [-0.2, 0) is 4.79 Å². The fourth-order valence-corrected chi connectivity index (χ4v) is 0.602. The topological polar surface area (TPSA) is 29.1 Å². The SMILES string of the molecule is O=CNc1ccccc1.[LiH]. The molecule has 0 unspecified atom stereocenters. The van der Waals surface area contributed by atoms with E-state index in [1.54, 1.807) is 0 Å². The molecule has 0 aromatic heterocycles. The molecule has 0 spiro atoms. The maximum absolute atomic E-state index is 9.86.